The summed E-state index contributed by atoms with van der Waals surface area (Å²) in [6.07, 6.45) is 4.84. The highest BCUT2D eigenvalue weighted by molar-refractivity contribution is 5.81. The van der Waals surface area contributed by atoms with Gasteiger partial charge in [0.1, 0.15) is 29.9 Å². The lowest BCUT2D eigenvalue weighted by molar-refractivity contribution is -0.463. The van der Waals surface area contributed by atoms with Crippen molar-refractivity contribution in [3.05, 3.63) is 95.6 Å². The van der Waals surface area contributed by atoms with E-state index in [2.05, 4.69) is 51.4 Å². The maximum Gasteiger partial charge on any atom is 0.338 e. The molecule has 3 aromatic rings. The molecule has 0 amide bonds. The van der Waals surface area contributed by atoms with Gasteiger partial charge in [-0.15, -0.1) is 0 Å². The van der Waals surface area contributed by atoms with Crippen LogP contribution in [0.25, 0.3) is 0 Å². The Morgan fingerprint density at radius 1 is 0.712 bits per heavy atom. The van der Waals surface area contributed by atoms with Crippen LogP contribution in [0.1, 0.15) is 63.6 Å². The van der Waals surface area contributed by atoms with E-state index in [0.717, 1.165) is 37.7 Å². The normalized spacial score (nSPS) is 14.7. The molecule has 1 heterocycles. The molecule has 0 radical (unpaired) electrons. The number of carbonyl (C=O) groups is 4. The first-order chi connectivity index (χ1) is 24.5. The minimum atomic E-state index is -0.190. The molecule has 0 bridgehead atoms. The summed E-state index contributed by atoms with van der Waals surface area (Å²) >= 11 is 0. The van der Waals surface area contributed by atoms with Gasteiger partial charge < -0.3 is 33.4 Å². The molecular formula is C39H63N8O5+5. The number of benzene rings is 3. The summed E-state index contributed by atoms with van der Waals surface area (Å²) in [7, 11) is 0. The maximum absolute atomic E-state index is 11.1. The Morgan fingerprint density at radius 2 is 1.19 bits per heavy atom. The Balaban J connectivity index is 0.000000349. The lowest BCUT2D eigenvalue weighted by Crippen LogP contribution is -2.78. The van der Waals surface area contributed by atoms with Crippen LogP contribution >= 0.6 is 0 Å². The van der Waals surface area contributed by atoms with Gasteiger partial charge in [-0.25, -0.2) is 0 Å². The number of para-hydroxylation sites is 1. The van der Waals surface area contributed by atoms with Gasteiger partial charge in [0.25, 0.3) is 0 Å². The summed E-state index contributed by atoms with van der Waals surface area (Å²) in [6.45, 7) is 6.98. The monoisotopic (exact) mass is 723 g/mol. The van der Waals surface area contributed by atoms with Gasteiger partial charge in [-0.1, -0.05) is 60.7 Å². The van der Waals surface area contributed by atoms with E-state index in [1.165, 1.54) is 23.7 Å². The highest BCUT2D eigenvalue weighted by Gasteiger charge is 2.25. The number of hydrogen-bond acceptors (Lipinski definition) is 6. The molecule has 5 atom stereocenters. The summed E-state index contributed by atoms with van der Waals surface area (Å²) in [5.41, 5.74) is 30.2. The molecule has 0 saturated heterocycles. The Labute approximate surface area is 307 Å². The zero-order chi connectivity index (χ0) is 39.2. The third-order valence-corrected chi connectivity index (χ3v) is 8.51. The van der Waals surface area contributed by atoms with Crippen molar-refractivity contribution >= 4 is 34.8 Å². The molecule has 0 saturated carbocycles. The topological polar surface area (TPSA) is 277 Å². The van der Waals surface area contributed by atoms with Gasteiger partial charge in [0.05, 0.1) is 6.54 Å². The fraction of sp³-hybridized carbons (Fsp3) is 0.410. The number of anilines is 1. The van der Waals surface area contributed by atoms with Crippen molar-refractivity contribution < 1.29 is 52.2 Å². The number of guanidine groups is 1. The average Bonchev–Trinajstić information content (AvgIpc) is 3.51. The smallest absolute Gasteiger partial charge is 0.338 e. The van der Waals surface area contributed by atoms with Crippen molar-refractivity contribution in [3.8, 4) is 5.75 Å². The second-order valence-corrected chi connectivity index (χ2v) is 13.3. The second kappa shape index (κ2) is 24.3. The van der Waals surface area contributed by atoms with Crippen LogP contribution in [0.15, 0.2) is 78.9 Å². The molecule has 0 spiro atoms. The Kier molecular flexibility index (Phi) is 21.0. The van der Waals surface area contributed by atoms with Gasteiger partial charge in [-0.05, 0) is 47.7 Å². The number of rotatable bonds is 14. The zero-order valence-electron chi connectivity index (χ0n) is 31.4. The lowest BCUT2D eigenvalue weighted by atomic mass is 10.0. The first-order valence-corrected chi connectivity index (χ1v) is 17.6. The Morgan fingerprint density at radius 3 is 1.67 bits per heavy atom. The Hall–Kier alpha value is -4.95. The maximum atomic E-state index is 11.1. The van der Waals surface area contributed by atoms with Gasteiger partial charge in [0.2, 0.25) is 0 Å². The summed E-state index contributed by atoms with van der Waals surface area (Å²) < 4.78 is 0. The van der Waals surface area contributed by atoms with Crippen molar-refractivity contribution in [1.29, 1.82) is 0 Å². The van der Waals surface area contributed by atoms with Crippen LogP contribution in [0.5, 0.6) is 5.75 Å². The average molecular weight is 724 g/mol. The van der Waals surface area contributed by atoms with E-state index >= 15 is 0 Å². The largest absolute Gasteiger partial charge is 0.508 e. The van der Waals surface area contributed by atoms with E-state index in [9.17, 15) is 19.2 Å². The van der Waals surface area contributed by atoms with E-state index in [-0.39, 0.29) is 59.0 Å². The van der Waals surface area contributed by atoms with Crippen LogP contribution in [0.3, 0.4) is 0 Å². The number of quaternary nitrogens is 4. The van der Waals surface area contributed by atoms with Crippen LogP contribution < -0.4 is 44.7 Å². The summed E-state index contributed by atoms with van der Waals surface area (Å²) in [4.78, 5) is 46.4. The molecule has 5 unspecified atom stereocenters. The van der Waals surface area contributed by atoms with Crippen LogP contribution in [-0.2, 0) is 38.4 Å². The summed E-state index contributed by atoms with van der Waals surface area (Å²) in [5, 5.41) is 12.4. The number of nitrogens with one attached hydrogen (secondary N) is 2. The van der Waals surface area contributed by atoms with Crippen LogP contribution in [0.4, 0.5) is 5.69 Å². The predicted molar refractivity (Wildman–Crippen MR) is 202 cm³/mol. The van der Waals surface area contributed by atoms with Crippen molar-refractivity contribution in [1.82, 2.24) is 0 Å². The number of carbonyl (C=O) groups excluding carboxylic acids is 4. The third-order valence-electron chi connectivity index (χ3n) is 8.51. The van der Waals surface area contributed by atoms with Crippen molar-refractivity contribution in [2.24, 2.45) is 11.5 Å². The minimum Gasteiger partial charge on any atom is -0.508 e. The highest BCUT2D eigenvalue weighted by atomic mass is 16.3. The number of nitrogens with two attached hydrogens (primary N) is 2. The number of phenols is 1. The molecule has 0 aliphatic carbocycles. The number of Topliss-reactive ketones (excluding diaryl/α,β-unsaturated/α-hetero) is 4. The fourth-order valence-corrected chi connectivity index (χ4v) is 4.91. The summed E-state index contributed by atoms with van der Waals surface area (Å²) in [6, 6.07) is 25.0. The van der Waals surface area contributed by atoms with Crippen LogP contribution in [0.2, 0.25) is 0 Å². The number of ketones is 4. The zero-order valence-corrected chi connectivity index (χ0v) is 31.4. The molecule has 284 valence electrons. The molecule has 52 heavy (non-hydrogen) atoms. The molecular weight excluding hydrogens is 660 g/mol. The second-order valence-electron chi connectivity index (χ2n) is 13.3. The number of fused-ring (bicyclic) bond motifs is 1. The summed E-state index contributed by atoms with van der Waals surface area (Å²) in [5.74, 6) is 1.00. The van der Waals surface area contributed by atoms with Gasteiger partial charge in [0.15, 0.2) is 23.1 Å². The van der Waals surface area contributed by atoms with Gasteiger partial charge >= 0.3 is 5.96 Å². The molecule has 19 N–H and O–H groups in total. The number of phenolic OH excluding ortho intramolecular Hbond substituents is 1. The third kappa shape index (κ3) is 19.4. The highest BCUT2D eigenvalue weighted by Crippen LogP contribution is 2.26. The van der Waals surface area contributed by atoms with Crippen LogP contribution in [-0.4, -0.2) is 71.0 Å². The predicted octanol–water partition coefficient (Wildman–Crippen LogP) is -2.50. The molecule has 3 aromatic carbocycles. The van der Waals surface area contributed by atoms with Crippen molar-refractivity contribution in [2.45, 2.75) is 96.4 Å². The van der Waals surface area contributed by atoms with Crippen molar-refractivity contribution in [3.63, 3.8) is 0 Å². The molecule has 1 aliphatic rings. The SMILES string of the molecule is CC(=O)C([NH3+])CC1Cc2ccccc2N1.CC(=O)C([NH3+])CCC[NH+]=C(N)N.CC(=O)C([NH3+])Cc1ccc(O)cc1.CC(=O)C([NH3+])Cc1ccccc1. The first-order valence-electron chi connectivity index (χ1n) is 17.6. The van der Waals surface area contributed by atoms with Gasteiger partial charge in [0, 0.05) is 65.1 Å². The first kappa shape index (κ1) is 45.1. The number of aromatic hydroxyl groups is 1. The van der Waals surface area contributed by atoms with E-state index in [4.69, 9.17) is 16.6 Å². The molecule has 4 rings (SSSR count). The molecule has 13 heteroatoms. The van der Waals surface area contributed by atoms with E-state index in [1.54, 1.807) is 45.0 Å². The van der Waals surface area contributed by atoms with Gasteiger partial charge in [-0.2, -0.15) is 0 Å². The fourth-order valence-electron chi connectivity index (χ4n) is 4.91. The van der Waals surface area contributed by atoms with Crippen LogP contribution in [0, 0.1) is 0 Å². The molecule has 1 aliphatic heterocycles. The molecule has 0 aromatic heterocycles. The quantitative estimate of drug-likeness (QED) is 0.0486. The standard InChI is InChI=1S/C12H16N2O.C10H13NO2.C10H13NO.C7H16N4O/c1-8(15)11(13)7-10-6-9-4-2-3-5-12(9)14-10;1-7(12)10(11)6-8-2-4-9(13)5-3-8;1-8(12)10(11)7-9-5-3-2-4-6-9;1-5(12)6(8)3-2-4-11-7(9)10/h2-5,10-11,14H,6-7,13H2,1H3;2-5,10,13H,6,11H2,1H3;2-6,10H,7,11H2,1H3;6H,2-4,8H2,1H3,(H4,9,10,11)/p+5. The Bertz CT molecular complexity index is 1540. The van der Waals surface area contributed by atoms with E-state index in [0.29, 0.717) is 19.0 Å². The number of hydrogen-bond donors (Lipinski definition) is 9. The molecule has 0 fully saturated rings. The van der Waals surface area contributed by atoms with Crippen molar-refractivity contribution in [2.75, 3.05) is 11.9 Å². The van der Waals surface area contributed by atoms with E-state index in [1.807, 2.05) is 36.4 Å². The van der Waals surface area contributed by atoms with Gasteiger partial charge in [-0.3, -0.25) is 35.6 Å². The molecule has 13 nitrogen and oxygen atoms in total. The lowest BCUT2D eigenvalue weighted by Gasteiger charge is -2.12. The minimum absolute atomic E-state index is 0.0863. The van der Waals surface area contributed by atoms with E-state index < -0.39 is 0 Å².